The Hall–Kier alpha value is -3.58. The maximum Gasteiger partial charge on any atom is 0.409 e. The smallest absolute Gasteiger partial charge is 0.409 e. The Kier molecular flexibility index (Phi) is 6.56. The topological polar surface area (TPSA) is 79.3 Å². The largest absolute Gasteiger partial charge is 0.507 e. The van der Waals surface area contributed by atoms with Gasteiger partial charge in [0, 0.05) is 32.7 Å². The van der Waals surface area contributed by atoms with Gasteiger partial charge in [0.25, 0.3) is 0 Å². The van der Waals surface area contributed by atoms with Crippen LogP contribution in [0.4, 0.5) is 4.79 Å². The second-order valence-electron chi connectivity index (χ2n) is 7.63. The van der Waals surface area contributed by atoms with E-state index < -0.39 is 0 Å². The molecular formula is C25H26N2O5. The molecule has 1 saturated heterocycles. The lowest BCUT2D eigenvalue weighted by molar-refractivity contribution is 0.0774. The first-order chi connectivity index (χ1) is 15.6. The van der Waals surface area contributed by atoms with E-state index in [0.717, 1.165) is 5.56 Å². The number of amides is 1. The Labute approximate surface area is 187 Å². The number of fused-ring (bicyclic) bond motifs is 1. The maximum atomic E-state index is 12.8. The van der Waals surface area contributed by atoms with Crippen molar-refractivity contribution in [2.24, 2.45) is 0 Å². The summed E-state index contributed by atoms with van der Waals surface area (Å²) < 4.78 is 10.9. The summed E-state index contributed by atoms with van der Waals surface area (Å²) in [4.78, 5) is 28.5. The van der Waals surface area contributed by atoms with Gasteiger partial charge in [0.2, 0.25) is 5.78 Å². The van der Waals surface area contributed by atoms with Crippen molar-refractivity contribution in [2.45, 2.75) is 13.5 Å². The van der Waals surface area contributed by atoms with Crippen molar-refractivity contribution < 1.29 is 24.2 Å². The summed E-state index contributed by atoms with van der Waals surface area (Å²) in [7, 11) is 0. The predicted octanol–water partition coefficient (Wildman–Crippen LogP) is 3.84. The van der Waals surface area contributed by atoms with Gasteiger partial charge >= 0.3 is 6.09 Å². The molecule has 0 saturated carbocycles. The van der Waals surface area contributed by atoms with Crippen LogP contribution in [0.15, 0.2) is 60.4 Å². The number of hydrogen-bond donors (Lipinski definition) is 1. The Morgan fingerprint density at radius 1 is 1.12 bits per heavy atom. The van der Waals surface area contributed by atoms with Gasteiger partial charge < -0.3 is 19.5 Å². The van der Waals surface area contributed by atoms with E-state index in [-0.39, 0.29) is 23.4 Å². The van der Waals surface area contributed by atoms with Crippen LogP contribution in [0.2, 0.25) is 0 Å². The van der Waals surface area contributed by atoms with Crippen molar-refractivity contribution in [2.75, 3.05) is 32.8 Å². The molecule has 0 aromatic heterocycles. The number of nitrogens with zero attached hydrogens (tertiary/aromatic N) is 2. The molecule has 7 nitrogen and oxygen atoms in total. The third-order valence-electron chi connectivity index (χ3n) is 5.53. The molecule has 4 rings (SSSR count). The Morgan fingerprint density at radius 3 is 2.59 bits per heavy atom. The summed E-state index contributed by atoms with van der Waals surface area (Å²) in [6.45, 7) is 4.93. The zero-order chi connectivity index (χ0) is 22.5. The van der Waals surface area contributed by atoms with Crippen LogP contribution in [-0.4, -0.2) is 59.6 Å². The average molecular weight is 434 g/mol. The second kappa shape index (κ2) is 9.70. The second-order valence-corrected chi connectivity index (χ2v) is 7.63. The van der Waals surface area contributed by atoms with E-state index in [1.165, 1.54) is 6.07 Å². The molecule has 1 fully saturated rings. The van der Waals surface area contributed by atoms with Crippen molar-refractivity contribution in [1.29, 1.82) is 0 Å². The van der Waals surface area contributed by atoms with Crippen molar-refractivity contribution in [3.8, 4) is 11.5 Å². The number of phenols is 1. The SMILES string of the molecule is CCOC(=O)N1CCN(Cc2c(O)ccc3c2O/C(=C\C=C\c2ccccc2)C3=O)CC1. The van der Waals surface area contributed by atoms with Gasteiger partial charge in [-0.05, 0) is 30.7 Å². The van der Waals surface area contributed by atoms with Gasteiger partial charge in [0.15, 0.2) is 5.76 Å². The first kappa shape index (κ1) is 21.6. The maximum absolute atomic E-state index is 12.8. The average Bonchev–Trinajstić information content (AvgIpc) is 3.13. The van der Waals surface area contributed by atoms with Crippen molar-refractivity contribution in [3.05, 3.63) is 77.1 Å². The minimum absolute atomic E-state index is 0.0884. The highest BCUT2D eigenvalue weighted by Crippen LogP contribution is 2.39. The molecule has 0 spiro atoms. The predicted molar refractivity (Wildman–Crippen MR) is 120 cm³/mol. The van der Waals surface area contributed by atoms with Crippen molar-refractivity contribution >= 4 is 18.0 Å². The number of Topliss-reactive ketones (excluding diaryl/α,β-unsaturated/α-hetero) is 1. The fraction of sp³-hybridized carbons (Fsp3) is 0.280. The molecule has 2 aliphatic heterocycles. The van der Waals surface area contributed by atoms with Crippen LogP contribution in [0.3, 0.4) is 0 Å². The molecular weight excluding hydrogens is 408 g/mol. The lowest BCUT2D eigenvalue weighted by atomic mass is 10.0. The summed E-state index contributed by atoms with van der Waals surface area (Å²) in [6.07, 6.45) is 5.02. The third-order valence-corrected chi connectivity index (χ3v) is 5.53. The molecule has 1 N–H and O–H groups in total. The highest BCUT2D eigenvalue weighted by atomic mass is 16.6. The van der Waals surface area contributed by atoms with Gasteiger partial charge in [-0.15, -0.1) is 0 Å². The number of hydrogen-bond acceptors (Lipinski definition) is 6. The molecule has 0 aliphatic carbocycles. The monoisotopic (exact) mass is 434 g/mol. The molecule has 2 heterocycles. The third kappa shape index (κ3) is 4.68. The number of carbonyl (C=O) groups excluding carboxylic acids is 2. The van der Waals surface area contributed by atoms with E-state index in [1.54, 1.807) is 30.0 Å². The summed E-state index contributed by atoms with van der Waals surface area (Å²) in [5, 5.41) is 10.5. The molecule has 0 radical (unpaired) electrons. The summed E-state index contributed by atoms with van der Waals surface area (Å²) >= 11 is 0. The van der Waals surface area contributed by atoms with E-state index in [2.05, 4.69) is 4.90 Å². The molecule has 32 heavy (non-hydrogen) atoms. The highest BCUT2D eigenvalue weighted by Gasteiger charge is 2.32. The lowest BCUT2D eigenvalue weighted by Gasteiger charge is -2.34. The number of ketones is 1. The standard InChI is InChI=1S/C25H26N2O5/c1-2-31-25(30)27-15-13-26(14-16-27)17-20-21(28)12-11-19-23(29)22(32-24(19)20)10-6-9-18-7-4-3-5-8-18/h3-12,28H,2,13-17H2,1H3/b9-6+,22-10-. The molecule has 2 aliphatic rings. The highest BCUT2D eigenvalue weighted by molar-refractivity contribution is 6.12. The Morgan fingerprint density at radius 2 is 1.88 bits per heavy atom. The number of piperazine rings is 1. The van der Waals surface area contributed by atoms with E-state index >= 15 is 0 Å². The summed E-state index contributed by atoms with van der Waals surface area (Å²) in [6, 6.07) is 12.9. The minimum Gasteiger partial charge on any atom is -0.507 e. The fourth-order valence-corrected chi connectivity index (χ4v) is 3.80. The van der Waals surface area contributed by atoms with Crippen LogP contribution in [0, 0.1) is 0 Å². The Balaban J connectivity index is 1.46. The van der Waals surface area contributed by atoms with Crippen molar-refractivity contribution in [3.63, 3.8) is 0 Å². The molecule has 0 unspecified atom stereocenters. The zero-order valence-corrected chi connectivity index (χ0v) is 18.0. The number of phenolic OH excluding ortho intramolecular Hbond substituents is 1. The van der Waals surface area contributed by atoms with Gasteiger partial charge in [-0.25, -0.2) is 4.79 Å². The van der Waals surface area contributed by atoms with Gasteiger partial charge in [-0.2, -0.15) is 0 Å². The van der Waals surface area contributed by atoms with Gasteiger partial charge in [0.1, 0.15) is 11.5 Å². The van der Waals surface area contributed by atoms with E-state index in [1.807, 2.05) is 36.4 Å². The van der Waals surface area contributed by atoms with E-state index in [9.17, 15) is 14.7 Å². The van der Waals surface area contributed by atoms with E-state index in [4.69, 9.17) is 9.47 Å². The molecule has 1 amide bonds. The molecule has 0 bridgehead atoms. The van der Waals surface area contributed by atoms with Crippen LogP contribution in [0.1, 0.15) is 28.4 Å². The molecule has 2 aromatic carbocycles. The summed E-state index contributed by atoms with van der Waals surface area (Å²) in [5.41, 5.74) is 2.05. The normalized spacial score (nSPS) is 17.6. The molecule has 2 aromatic rings. The number of aromatic hydroxyl groups is 1. The first-order valence-electron chi connectivity index (χ1n) is 10.7. The zero-order valence-electron chi connectivity index (χ0n) is 18.0. The fourth-order valence-electron chi connectivity index (χ4n) is 3.80. The lowest BCUT2D eigenvalue weighted by Crippen LogP contribution is -2.48. The van der Waals surface area contributed by atoms with Crippen LogP contribution in [0.25, 0.3) is 6.08 Å². The van der Waals surface area contributed by atoms with Gasteiger partial charge in [-0.3, -0.25) is 9.69 Å². The summed E-state index contributed by atoms with van der Waals surface area (Å²) in [5.74, 6) is 0.518. The number of rotatable bonds is 5. The van der Waals surface area contributed by atoms with Crippen molar-refractivity contribution in [1.82, 2.24) is 9.80 Å². The quantitative estimate of drug-likeness (QED) is 0.721. The molecule has 7 heteroatoms. The number of benzene rings is 2. The van der Waals surface area contributed by atoms with Crippen LogP contribution in [0.5, 0.6) is 11.5 Å². The number of allylic oxidation sites excluding steroid dienone is 3. The first-order valence-corrected chi connectivity index (χ1v) is 10.7. The number of carbonyl (C=O) groups is 2. The van der Waals surface area contributed by atoms with Crippen LogP contribution in [-0.2, 0) is 11.3 Å². The van der Waals surface area contributed by atoms with Gasteiger partial charge in [0.05, 0.1) is 17.7 Å². The molecule has 0 atom stereocenters. The van der Waals surface area contributed by atoms with Gasteiger partial charge in [-0.1, -0.05) is 42.5 Å². The van der Waals surface area contributed by atoms with Crippen LogP contribution < -0.4 is 4.74 Å². The Bertz CT molecular complexity index is 1050. The van der Waals surface area contributed by atoms with Crippen LogP contribution >= 0.6 is 0 Å². The van der Waals surface area contributed by atoms with E-state index in [0.29, 0.717) is 56.2 Å². The number of ether oxygens (including phenoxy) is 2. The molecule has 166 valence electrons. The minimum atomic E-state index is -0.303.